The third-order valence-corrected chi connectivity index (χ3v) is 15.1. The monoisotopic (exact) mass is 897 g/mol. The number of carbonyl (C=O) groups excluding carboxylic acids is 3. The molecule has 1 saturated heterocycles. The third-order valence-electron chi connectivity index (χ3n) is 12.7. The Kier molecular flexibility index (Phi) is 11.3. The Bertz CT molecular complexity index is 2430. The van der Waals surface area contributed by atoms with E-state index in [4.69, 9.17) is 16.3 Å². The molecule has 2 saturated carbocycles. The lowest BCUT2D eigenvalue weighted by atomic mass is 9.85. The minimum absolute atomic E-state index is 0.00488. The van der Waals surface area contributed by atoms with Gasteiger partial charge in [-0.2, -0.15) is 18.2 Å². The molecule has 2 aliphatic heterocycles. The predicted octanol–water partition coefficient (Wildman–Crippen LogP) is 5.72. The Morgan fingerprint density at radius 1 is 1.15 bits per heavy atom. The lowest BCUT2D eigenvalue weighted by Crippen LogP contribution is -2.66. The van der Waals surface area contributed by atoms with Crippen molar-refractivity contribution in [2.75, 3.05) is 13.2 Å². The van der Waals surface area contributed by atoms with Gasteiger partial charge in [-0.1, -0.05) is 37.6 Å². The first kappa shape index (κ1) is 44.3. The number of hydrogen-bond acceptors (Lipinski definition) is 9. The van der Waals surface area contributed by atoms with Crippen LogP contribution in [0.3, 0.4) is 0 Å². The highest BCUT2D eigenvalue weighted by Crippen LogP contribution is 2.48. The summed E-state index contributed by atoms with van der Waals surface area (Å²) in [6, 6.07) is 1.43. The fraction of sp³-hybridized carbons (Fsp3) is 0.600. The third kappa shape index (κ3) is 7.97. The van der Waals surface area contributed by atoms with Crippen LogP contribution >= 0.6 is 11.6 Å². The Labute approximate surface area is 354 Å². The summed E-state index contributed by atoms with van der Waals surface area (Å²) < 4.78 is 93.0. The highest BCUT2D eigenvalue weighted by atomic mass is 35.5. The van der Waals surface area contributed by atoms with Crippen molar-refractivity contribution in [3.63, 3.8) is 0 Å². The fourth-order valence-corrected chi connectivity index (χ4v) is 10.4. The summed E-state index contributed by atoms with van der Waals surface area (Å²) in [6.45, 7) is 4.74. The highest BCUT2D eigenvalue weighted by molar-refractivity contribution is 7.91. The summed E-state index contributed by atoms with van der Waals surface area (Å²) >= 11 is 6.39. The molecule has 0 unspecified atom stereocenters. The molecule has 3 fully saturated rings. The first-order chi connectivity index (χ1) is 28.4. The van der Waals surface area contributed by atoms with Crippen LogP contribution in [0.1, 0.15) is 78.3 Å². The minimum Gasteiger partial charge on any atom is -0.472 e. The van der Waals surface area contributed by atoms with Gasteiger partial charge >= 0.3 is 12.3 Å². The molecule has 4 heterocycles. The summed E-state index contributed by atoms with van der Waals surface area (Å²) in [6.07, 6.45) is -2.46. The molecule has 1 aromatic carbocycles. The van der Waals surface area contributed by atoms with Crippen LogP contribution in [0, 0.1) is 24.7 Å². The standard InChI is InChI=1S/C40H48ClF4N7O8S/c1-21-8-6-7-9-24-17-39(24,34(55)49-61(58,59)38(20-42)12-13-38)48-31(53)29-16-26(60-32-27-15-25(41)10-11-28(27)51-18-23(3)46-35(51)47-32)19-50(29)33(54)30(22(2)14-21)52(36(56)57)37(4,5)40(43,44)45/h7,9-11,15,18,21-22,24,26,29-30H,6,8,12-14,16-17,19-20H2,1-5H3,(H,48,53)(H,49,55)(H,56,57)/b9-7-/t21-,22+,24+,26+,29-,30-,39+/m0/s1. The van der Waals surface area contributed by atoms with Crippen molar-refractivity contribution in [1.29, 1.82) is 0 Å². The molecule has 15 nitrogen and oxygen atoms in total. The van der Waals surface area contributed by atoms with Gasteiger partial charge in [-0.25, -0.2) is 22.6 Å². The van der Waals surface area contributed by atoms with Crippen molar-refractivity contribution in [1.82, 2.24) is 34.2 Å². The topological polar surface area (TPSA) is 193 Å². The van der Waals surface area contributed by atoms with Gasteiger partial charge in [0.15, 0.2) is 0 Å². The lowest BCUT2D eigenvalue weighted by molar-refractivity contribution is -0.222. The zero-order chi connectivity index (χ0) is 44.6. The van der Waals surface area contributed by atoms with Gasteiger partial charge in [0.05, 0.1) is 23.1 Å². The van der Waals surface area contributed by atoms with Crippen LogP contribution in [0.5, 0.6) is 5.88 Å². The van der Waals surface area contributed by atoms with E-state index in [-0.39, 0.29) is 54.6 Å². The number of rotatable bonds is 8. The van der Waals surface area contributed by atoms with Crippen molar-refractivity contribution in [3.8, 4) is 5.88 Å². The number of benzene rings is 1. The van der Waals surface area contributed by atoms with E-state index in [2.05, 4.69) is 15.3 Å². The average molecular weight is 898 g/mol. The molecule has 332 valence electrons. The van der Waals surface area contributed by atoms with E-state index in [1.807, 2.05) is 11.6 Å². The van der Waals surface area contributed by atoms with Crippen molar-refractivity contribution < 1.29 is 55.0 Å². The van der Waals surface area contributed by atoms with Gasteiger partial charge in [0.1, 0.15) is 40.7 Å². The summed E-state index contributed by atoms with van der Waals surface area (Å²) in [5.74, 6) is -4.88. The molecule has 7 atom stereocenters. The maximum atomic E-state index is 15.1. The minimum atomic E-state index is -5.13. The smallest absolute Gasteiger partial charge is 0.411 e. The number of fused-ring (bicyclic) bond motifs is 5. The Hall–Kier alpha value is -4.72. The molecule has 0 bridgehead atoms. The number of nitrogens with one attached hydrogen (secondary N) is 2. The number of aryl methyl sites for hydroxylation is 1. The molecule has 4 aliphatic rings. The molecule has 61 heavy (non-hydrogen) atoms. The molecule has 0 spiro atoms. The van der Waals surface area contributed by atoms with E-state index in [1.54, 1.807) is 47.9 Å². The fourth-order valence-electron chi connectivity index (χ4n) is 8.77. The van der Waals surface area contributed by atoms with Gasteiger partial charge in [0.25, 0.3) is 5.91 Å². The highest BCUT2D eigenvalue weighted by Gasteiger charge is 2.64. The first-order valence-corrected chi connectivity index (χ1v) is 21.9. The second-order valence-corrected chi connectivity index (χ2v) is 20.1. The molecular formula is C40H48ClF4N7O8S. The van der Waals surface area contributed by atoms with Crippen LogP contribution in [0.15, 0.2) is 36.5 Å². The van der Waals surface area contributed by atoms with Gasteiger partial charge in [-0.05, 0) is 89.3 Å². The van der Waals surface area contributed by atoms with Gasteiger partial charge < -0.3 is 20.1 Å². The van der Waals surface area contributed by atoms with Crippen LogP contribution in [0.2, 0.25) is 5.02 Å². The number of imidazole rings is 1. The number of amides is 4. The van der Waals surface area contributed by atoms with Gasteiger partial charge in [-0.15, -0.1) is 0 Å². The second kappa shape index (κ2) is 15.6. The quantitative estimate of drug-likeness (QED) is 0.186. The number of hydrogen-bond donors (Lipinski definition) is 3. The molecular weight excluding hydrogens is 850 g/mol. The molecule has 7 rings (SSSR count). The van der Waals surface area contributed by atoms with Crippen LogP contribution < -0.4 is 14.8 Å². The number of halogens is 5. The largest absolute Gasteiger partial charge is 0.472 e. The van der Waals surface area contributed by atoms with Crippen LogP contribution in [-0.2, 0) is 24.4 Å². The Balaban J connectivity index is 1.31. The molecule has 3 N–H and O–H groups in total. The van der Waals surface area contributed by atoms with Crippen molar-refractivity contribution in [2.45, 2.75) is 120 Å². The number of carbonyl (C=O) groups is 4. The molecule has 3 aromatic rings. The molecule has 4 amide bonds. The summed E-state index contributed by atoms with van der Waals surface area (Å²) in [4.78, 5) is 66.8. The molecule has 0 radical (unpaired) electrons. The normalized spacial score (nSPS) is 28.9. The zero-order valence-electron chi connectivity index (χ0n) is 34.1. The van der Waals surface area contributed by atoms with E-state index >= 15 is 4.79 Å². The van der Waals surface area contributed by atoms with Crippen LogP contribution in [-0.4, -0.2) is 115 Å². The number of sulfonamides is 1. The second-order valence-electron chi connectivity index (χ2n) is 17.6. The van der Waals surface area contributed by atoms with E-state index < -0.39 is 99.1 Å². The summed E-state index contributed by atoms with van der Waals surface area (Å²) in [5.41, 5.74) is -3.71. The molecule has 21 heteroatoms. The van der Waals surface area contributed by atoms with Crippen LogP contribution in [0.4, 0.5) is 22.4 Å². The number of ether oxygens (including phenoxy) is 1. The average Bonchev–Trinajstić information content (AvgIpc) is 4.02. The number of nitrogens with zero attached hydrogens (tertiary/aromatic N) is 5. The summed E-state index contributed by atoms with van der Waals surface area (Å²) in [7, 11) is -4.52. The number of aromatic nitrogens is 3. The maximum Gasteiger partial charge on any atom is 0.411 e. The van der Waals surface area contributed by atoms with Gasteiger partial charge in [0, 0.05) is 23.6 Å². The Morgan fingerprint density at radius 3 is 2.49 bits per heavy atom. The lowest BCUT2D eigenvalue weighted by Gasteiger charge is -2.45. The predicted molar refractivity (Wildman–Crippen MR) is 214 cm³/mol. The van der Waals surface area contributed by atoms with E-state index in [1.165, 1.54) is 6.92 Å². The molecule has 2 aromatic heterocycles. The first-order valence-electron chi connectivity index (χ1n) is 20.1. The van der Waals surface area contributed by atoms with E-state index in [0.717, 1.165) is 4.90 Å². The van der Waals surface area contributed by atoms with Crippen molar-refractivity contribution in [2.24, 2.45) is 17.8 Å². The van der Waals surface area contributed by atoms with Gasteiger partial charge in [-0.3, -0.25) is 28.4 Å². The summed E-state index contributed by atoms with van der Waals surface area (Å²) in [5, 5.41) is 13.9. The van der Waals surface area contributed by atoms with Crippen molar-refractivity contribution >= 4 is 62.1 Å². The number of allylic oxidation sites excluding steroid dienone is 1. The maximum absolute atomic E-state index is 15.1. The SMILES string of the molecule is Cc1cn2c(n1)nc(O[C@@H]1C[C@H]3C(=O)N[C@]4(C(=O)NS(=O)(=O)C5(CF)CC5)C[C@H]4/C=C\CC[C@H](C)C[C@@H](C)[C@H](N(C(=O)O)C(C)(C)C(F)(F)F)C(=O)N3C1)c1cc(Cl)ccc12. The van der Waals surface area contributed by atoms with E-state index in [0.29, 0.717) is 48.3 Å². The van der Waals surface area contributed by atoms with E-state index in [9.17, 15) is 45.5 Å². The number of alkyl halides is 4. The number of carboxylic acid groups (broad SMARTS) is 1. The van der Waals surface area contributed by atoms with Crippen LogP contribution in [0.25, 0.3) is 16.7 Å². The van der Waals surface area contributed by atoms with Gasteiger partial charge in [0.2, 0.25) is 33.5 Å². The Morgan fingerprint density at radius 2 is 1.85 bits per heavy atom. The zero-order valence-corrected chi connectivity index (χ0v) is 35.7. The van der Waals surface area contributed by atoms with Crippen molar-refractivity contribution in [3.05, 3.63) is 47.3 Å². The molecule has 2 aliphatic carbocycles.